The minimum atomic E-state index is 0.487. The zero-order valence-corrected chi connectivity index (χ0v) is 19.8. The van der Waals surface area contributed by atoms with E-state index in [1.165, 1.54) is 6.42 Å². The van der Waals surface area contributed by atoms with Crippen LogP contribution in [0.3, 0.4) is 0 Å². The molecule has 0 bridgehead atoms. The summed E-state index contributed by atoms with van der Waals surface area (Å²) < 4.78 is 0. The Hall–Kier alpha value is -2.46. The molecule has 2 aromatic heterocycles. The van der Waals surface area contributed by atoms with E-state index in [1.807, 2.05) is 63.5 Å². The topological polar surface area (TPSA) is 44.8 Å². The standard InChI is InChI=1S/C21H26N4.C3H8.C2H6/c1-4-6-16(7-5-2)19-20(17-8-12-22-13-9-17)24-21(23-19)18-10-14-25(3)15-11-18;1-3-2;1-2/h4-9,12-13,18H,1,10-11,14-15H2,2-3H3,(H,23,24);3H2,1-2H3;1-2H3/b7-5-,16-6+;;. The molecular formula is C26H40N4. The number of imidazole rings is 1. The average molecular weight is 409 g/mol. The van der Waals surface area contributed by atoms with Crippen molar-refractivity contribution in [3.8, 4) is 11.3 Å². The molecule has 0 aromatic carbocycles. The highest BCUT2D eigenvalue weighted by Crippen LogP contribution is 2.33. The summed E-state index contributed by atoms with van der Waals surface area (Å²) in [5.41, 5.74) is 4.22. The van der Waals surface area contributed by atoms with Gasteiger partial charge in [0, 0.05) is 29.4 Å². The third kappa shape index (κ3) is 7.42. The van der Waals surface area contributed by atoms with Crippen LogP contribution in [0, 0.1) is 0 Å². The van der Waals surface area contributed by atoms with Crippen LogP contribution in [0.1, 0.15) is 71.3 Å². The monoisotopic (exact) mass is 408 g/mol. The summed E-state index contributed by atoms with van der Waals surface area (Å²) in [7, 11) is 2.18. The van der Waals surface area contributed by atoms with Crippen molar-refractivity contribution in [2.45, 2.75) is 59.8 Å². The minimum absolute atomic E-state index is 0.487. The predicted molar refractivity (Wildman–Crippen MR) is 132 cm³/mol. The maximum Gasteiger partial charge on any atom is 0.110 e. The lowest BCUT2D eigenvalue weighted by molar-refractivity contribution is 0.251. The molecule has 0 aliphatic carbocycles. The third-order valence-electron chi connectivity index (χ3n) is 4.71. The van der Waals surface area contributed by atoms with Gasteiger partial charge in [0.2, 0.25) is 0 Å². The first kappa shape index (κ1) is 25.6. The van der Waals surface area contributed by atoms with Gasteiger partial charge >= 0.3 is 0 Å². The number of piperidine rings is 1. The van der Waals surface area contributed by atoms with E-state index in [0.29, 0.717) is 5.92 Å². The second-order valence-corrected chi connectivity index (χ2v) is 7.22. The molecule has 0 unspecified atom stereocenters. The van der Waals surface area contributed by atoms with E-state index in [4.69, 9.17) is 4.98 Å². The van der Waals surface area contributed by atoms with Crippen LogP contribution in [0.2, 0.25) is 0 Å². The molecule has 1 fully saturated rings. The fourth-order valence-electron chi connectivity index (χ4n) is 3.32. The van der Waals surface area contributed by atoms with Crippen molar-refractivity contribution in [2.75, 3.05) is 20.1 Å². The third-order valence-corrected chi connectivity index (χ3v) is 4.71. The number of allylic oxidation sites excluding steroid dienone is 5. The van der Waals surface area contributed by atoms with Crippen LogP contribution in [0.5, 0.6) is 0 Å². The van der Waals surface area contributed by atoms with E-state index < -0.39 is 0 Å². The normalized spacial score (nSPS) is 15.2. The number of likely N-dealkylation sites (tertiary alicyclic amines) is 1. The Morgan fingerprint density at radius 3 is 2.33 bits per heavy atom. The number of rotatable bonds is 5. The van der Waals surface area contributed by atoms with Gasteiger partial charge in [0.05, 0.1) is 11.4 Å². The molecule has 1 aliphatic rings. The van der Waals surface area contributed by atoms with Crippen LogP contribution in [-0.2, 0) is 0 Å². The molecule has 1 N–H and O–H groups in total. The summed E-state index contributed by atoms with van der Waals surface area (Å²) in [5.74, 6) is 1.58. The van der Waals surface area contributed by atoms with E-state index in [-0.39, 0.29) is 0 Å². The van der Waals surface area contributed by atoms with E-state index >= 15 is 0 Å². The summed E-state index contributed by atoms with van der Waals surface area (Å²) in [5, 5.41) is 0. The lowest BCUT2D eigenvalue weighted by Gasteiger charge is -2.27. The van der Waals surface area contributed by atoms with Crippen LogP contribution in [0.25, 0.3) is 16.8 Å². The maximum absolute atomic E-state index is 5.01. The Labute approximate surface area is 183 Å². The van der Waals surface area contributed by atoms with Crippen LogP contribution < -0.4 is 0 Å². The molecule has 1 saturated heterocycles. The molecule has 1 aliphatic heterocycles. The molecule has 0 spiro atoms. The Morgan fingerprint density at radius 1 is 1.20 bits per heavy atom. The van der Waals surface area contributed by atoms with Gasteiger partial charge in [0.15, 0.2) is 0 Å². The average Bonchev–Trinajstić information content (AvgIpc) is 3.22. The predicted octanol–water partition coefficient (Wildman–Crippen LogP) is 6.87. The summed E-state index contributed by atoms with van der Waals surface area (Å²) in [4.78, 5) is 15.1. The zero-order chi connectivity index (χ0) is 22.4. The Kier molecular flexibility index (Phi) is 12.4. The number of aromatic nitrogens is 3. The number of hydrogen-bond donors (Lipinski definition) is 1. The quantitative estimate of drug-likeness (QED) is 0.549. The van der Waals surface area contributed by atoms with Crippen molar-refractivity contribution in [1.29, 1.82) is 0 Å². The molecule has 0 amide bonds. The molecule has 0 atom stereocenters. The van der Waals surface area contributed by atoms with Gasteiger partial charge in [0.1, 0.15) is 5.82 Å². The highest BCUT2D eigenvalue weighted by atomic mass is 15.1. The molecular weight excluding hydrogens is 368 g/mol. The van der Waals surface area contributed by atoms with Gasteiger partial charge in [-0.3, -0.25) is 4.98 Å². The number of nitrogens with zero attached hydrogens (tertiary/aromatic N) is 3. The van der Waals surface area contributed by atoms with Crippen LogP contribution in [0.4, 0.5) is 0 Å². The van der Waals surface area contributed by atoms with Crippen molar-refractivity contribution in [3.63, 3.8) is 0 Å². The zero-order valence-electron chi connectivity index (χ0n) is 19.8. The maximum atomic E-state index is 5.01. The number of nitrogens with one attached hydrogen (secondary N) is 1. The second kappa shape index (κ2) is 14.5. The first-order valence-electron chi connectivity index (χ1n) is 11.3. The molecule has 30 heavy (non-hydrogen) atoms. The van der Waals surface area contributed by atoms with E-state index in [2.05, 4.69) is 48.4 Å². The Morgan fingerprint density at radius 2 is 1.80 bits per heavy atom. The van der Waals surface area contributed by atoms with Crippen molar-refractivity contribution < 1.29 is 0 Å². The number of pyridine rings is 1. The van der Waals surface area contributed by atoms with Crippen molar-refractivity contribution >= 4 is 5.57 Å². The van der Waals surface area contributed by atoms with E-state index in [9.17, 15) is 0 Å². The summed E-state index contributed by atoms with van der Waals surface area (Å²) in [6.07, 6.45) is 15.1. The summed E-state index contributed by atoms with van der Waals surface area (Å²) >= 11 is 0. The highest BCUT2D eigenvalue weighted by molar-refractivity contribution is 5.82. The summed E-state index contributed by atoms with van der Waals surface area (Å²) in [6.45, 7) is 16.4. The molecule has 4 nitrogen and oxygen atoms in total. The molecule has 0 radical (unpaired) electrons. The Balaban J connectivity index is 0.000000826. The number of aromatic amines is 1. The summed E-state index contributed by atoms with van der Waals surface area (Å²) in [6, 6.07) is 4.05. The molecule has 0 saturated carbocycles. The number of hydrogen-bond acceptors (Lipinski definition) is 3. The van der Waals surface area contributed by atoms with Gasteiger partial charge in [-0.2, -0.15) is 0 Å². The highest BCUT2D eigenvalue weighted by Gasteiger charge is 2.23. The van der Waals surface area contributed by atoms with Crippen molar-refractivity contribution in [1.82, 2.24) is 19.9 Å². The van der Waals surface area contributed by atoms with Gasteiger partial charge < -0.3 is 9.88 Å². The van der Waals surface area contributed by atoms with Gasteiger partial charge in [-0.1, -0.05) is 65.0 Å². The van der Waals surface area contributed by atoms with E-state index in [0.717, 1.165) is 54.3 Å². The van der Waals surface area contributed by atoms with Crippen LogP contribution in [0.15, 0.2) is 55.4 Å². The second-order valence-electron chi connectivity index (χ2n) is 7.22. The lowest BCUT2D eigenvalue weighted by atomic mass is 9.96. The molecule has 4 heteroatoms. The van der Waals surface area contributed by atoms with E-state index in [1.54, 1.807) is 0 Å². The molecule has 3 heterocycles. The van der Waals surface area contributed by atoms with Crippen molar-refractivity contribution in [2.24, 2.45) is 0 Å². The smallest absolute Gasteiger partial charge is 0.110 e. The van der Waals surface area contributed by atoms with Crippen molar-refractivity contribution in [3.05, 3.63) is 66.9 Å². The van der Waals surface area contributed by atoms with Gasteiger partial charge in [-0.05, 0) is 52.0 Å². The Bertz CT molecular complexity index is 779. The molecule has 2 aromatic rings. The molecule has 164 valence electrons. The van der Waals surface area contributed by atoms with Gasteiger partial charge in [-0.15, -0.1) is 0 Å². The number of H-pyrrole nitrogens is 1. The van der Waals surface area contributed by atoms with Crippen LogP contribution >= 0.6 is 0 Å². The lowest BCUT2D eigenvalue weighted by Crippen LogP contribution is -2.29. The fourth-order valence-corrected chi connectivity index (χ4v) is 3.32. The molecule has 3 rings (SSSR count). The minimum Gasteiger partial charge on any atom is -0.341 e. The van der Waals surface area contributed by atoms with Gasteiger partial charge in [0.25, 0.3) is 0 Å². The van der Waals surface area contributed by atoms with Gasteiger partial charge in [-0.25, -0.2) is 4.98 Å². The first-order valence-corrected chi connectivity index (χ1v) is 11.3. The SMILES string of the molecule is C=C/C=C(\C=C/C)c1nc(C2CCN(C)CC2)[nH]c1-c1ccncc1.CC.CCC. The first-order chi connectivity index (χ1) is 14.6. The fraction of sp³-hybridized carbons (Fsp3) is 0.462. The largest absolute Gasteiger partial charge is 0.341 e. The van der Waals surface area contributed by atoms with Crippen LogP contribution in [-0.4, -0.2) is 40.0 Å².